The summed E-state index contributed by atoms with van der Waals surface area (Å²) in [6, 6.07) is 26.3. The van der Waals surface area contributed by atoms with E-state index in [1.165, 1.54) is 11.1 Å². The van der Waals surface area contributed by atoms with Crippen molar-refractivity contribution in [2.75, 3.05) is 0 Å². The molecule has 26 heavy (non-hydrogen) atoms. The van der Waals surface area contributed by atoms with Crippen LogP contribution in [0.3, 0.4) is 0 Å². The lowest BCUT2D eigenvalue weighted by molar-refractivity contribution is 0.449. The van der Waals surface area contributed by atoms with Gasteiger partial charge in [-0.1, -0.05) is 77.9 Å². The number of hydrogen-bond donors (Lipinski definition) is 1. The minimum atomic E-state index is 0.0354. The average Bonchev–Trinajstić information content (AvgIpc) is 3.01. The van der Waals surface area contributed by atoms with Crippen LogP contribution in [0.25, 0.3) is 28.1 Å². The summed E-state index contributed by atoms with van der Waals surface area (Å²) in [5.41, 5.74) is 6.89. The van der Waals surface area contributed by atoms with Gasteiger partial charge < -0.3 is 5.11 Å². The molecule has 3 heteroatoms. The highest BCUT2D eigenvalue weighted by atomic mass is 16.3. The normalized spacial score (nSPS) is 10.8. The van der Waals surface area contributed by atoms with Crippen LogP contribution in [0.15, 0.2) is 78.9 Å². The van der Waals surface area contributed by atoms with Crippen molar-refractivity contribution in [3.8, 4) is 34.0 Å². The van der Waals surface area contributed by atoms with E-state index in [1.807, 2.05) is 59.3 Å². The Hall–Kier alpha value is -3.33. The molecule has 4 rings (SSSR count). The van der Waals surface area contributed by atoms with Crippen molar-refractivity contribution in [2.45, 2.75) is 13.8 Å². The van der Waals surface area contributed by atoms with E-state index < -0.39 is 0 Å². The fraction of sp³-hybridized carbons (Fsp3) is 0.0870. The van der Waals surface area contributed by atoms with Gasteiger partial charge in [0.2, 0.25) is 5.88 Å². The molecule has 128 valence electrons. The highest BCUT2D eigenvalue weighted by Crippen LogP contribution is 2.40. The van der Waals surface area contributed by atoms with E-state index in [9.17, 15) is 5.11 Å². The molecule has 0 bridgehead atoms. The predicted octanol–water partition coefficient (Wildman–Crippen LogP) is 5.53. The first-order valence-corrected chi connectivity index (χ1v) is 8.65. The Kier molecular flexibility index (Phi) is 4.05. The van der Waals surface area contributed by atoms with Crippen molar-refractivity contribution in [3.05, 3.63) is 90.0 Å². The summed E-state index contributed by atoms with van der Waals surface area (Å²) in [4.78, 5) is 0. The van der Waals surface area contributed by atoms with Crippen LogP contribution in [0, 0.1) is 13.8 Å². The van der Waals surface area contributed by atoms with Gasteiger partial charge in [0.05, 0.1) is 16.9 Å². The molecule has 4 aromatic rings. The maximum Gasteiger partial charge on any atom is 0.239 e. The second-order valence-electron chi connectivity index (χ2n) is 6.53. The van der Waals surface area contributed by atoms with Crippen LogP contribution in [-0.4, -0.2) is 14.9 Å². The van der Waals surface area contributed by atoms with Gasteiger partial charge in [0.15, 0.2) is 0 Å². The molecule has 0 unspecified atom stereocenters. The molecule has 0 atom stereocenters. The van der Waals surface area contributed by atoms with Crippen molar-refractivity contribution in [3.63, 3.8) is 0 Å². The molecule has 0 saturated carbocycles. The van der Waals surface area contributed by atoms with Gasteiger partial charge in [-0.05, 0) is 31.5 Å². The predicted molar refractivity (Wildman–Crippen MR) is 106 cm³/mol. The standard InChI is InChI=1S/C23H20N2O/c1-16-8-12-18(13-9-16)21-22(19-14-10-17(2)11-15-19)25(24-23(21)26)20-6-4-3-5-7-20/h3-15H,1-2H3,(H,24,26). The second kappa shape index (κ2) is 6.52. The Morgan fingerprint density at radius 3 is 1.81 bits per heavy atom. The first kappa shape index (κ1) is 16.2. The van der Waals surface area contributed by atoms with Crippen molar-refractivity contribution >= 4 is 0 Å². The molecule has 0 aliphatic heterocycles. The van der Waals surface area contributed by atoms with Crippen molar-refractivity contribution in [1.82, 2.24) is 9.78 Å². The maximum atomic E-state index is 10.7. The van der Waals surface area contributed by atoms with Crippen LogP contribution in [0.5, 0.6) is 5.88 Å². The van der Waals surface area contributed by atoms with E-state index in [-0.39, 0.29) is 5.88 Å². The molecule has 0 spiro atoms. The van der Waals surface area contributed by atoms with E-state index >= 15 is 0 Å². The topological polar surface area (TPSA) is 38.1 Å². The number of rotatable bonds is 3. The zero-order valence-corrected chi connectivity index (χ0v) is 14.8. The third-order valence-electron chi connectivity index (χ3n) is 4.53. The van der Waals surface area contributed by atoms with Crippen LogP contribution in [0.2, 0.25) is 0 Å². The lowest BCUT2D eigenvalue weighted by atomic mass is 9.99. The van der Waals surface area contributed by atoms with E-state index in [2.05, 4.69) is 43.2 Å². The minimum Gasteiger partial charge on any atom is -0.492 e. The Bertz CT molecular complexity index is 1030. The molecule has 0 radical (unpaired) electrons. The SMILES string of the molecule is Cc1ccc(-c2c(O)nn(-c3ccccc3)c2-c2ccc(C)cc2)cc1. The number of aromatic hydroxyl groups is 1. The van der Waals surface area contributed by atoms with E-state index in [4.69, 9.17) is 0 Å². The number of hydrogen-bond acceptors (Lipinski definition) is 2. The van der Waals surface area contributed by atoms with Crippen LogP contribution in [0.1, 0.15) is 11.1 Å². The van der Waals surface area contributed by atoms with Crippen LogP contribution in [0.4, 0.5) is 0 Å². The van der Waals surface area contributed by atoms with Crippen molar-refractivity contribution in [2.24, 2.45) is 0 Å². The van der Waals surface area contributed by atoms with Crippen molar-refractivity contribution in [1.29, 1.82) is 0 Å². The van der Waals surface area contributed by atoms with Gasteiger partial charge in [0.1, 0.15) is 0 Å². The third kappa shape index (κ3) is 2.88. The summed E-state index contributed by atoms with van der Waals surface area (Å²) in [6.45, 7) is 4.12. The number of benzene rings is 3. The molecule has 3 nitrogen and oxygen atoms in total. The molecule has 0 aliphatic carbocycles. The molecule has 0 fully saturated rings. The average molecular weight is 340 g/mol. The molecular formula is C23H20N2O. The quantitative estimate of drug-likeness (QED) is 0.532. The number of aromatic nitrogens is 2. The fourth-order valence-corrected chi connectivity index (χ4v) is 3.13. The molecule has 0 amide bonds. The number of para-hydroxylation sites is 1. The first-order chi connectivity index (χ1) is 12.6. The van der Waals surface area contributed by atoms with Gasteiger partial charge in [0, 0.05) is 5.56 Å². The molecule has 1 aromatic heterocycles. The lowest BCUT2D eigenvalue weighted by Crippen LogP contribution is -1.99. The maximum absolute atomic E-state index is 10.7. The lowest BCUT2D eigenvalue weighted by Gasteiger charge is -2.10. The molecule has 0 saturated heterocycles. The van der Waals surface area contributed by atoms with Crippen molar-refractivity contribution < 1.29 is 5.11 Å². The first-order valence-electron chi connectivity index (χ1n) is 8.65. The molecule has 1 heterocycles. The third-order valence-corrected chi connectivity index (χ3v) is 4.53. The highest BCUT2D eigenvalue weighted by molar-refractivity contribution is 5.85. The molecule has 3 aromatic carbocycles. The summed E-state index contributed by atoms with van der Waals surface area (Å²) < 4.78 is 1.81. The highest BCUT2D eigenvalue weighted by Gasteiger charge is 2.21. The largest absolute Gasteiger partial charge is 0.492 e. The fourth-order valence-electron chi connectivity index (χ4n) is 3.13. The summed E-state index contributed by atoms with van der Waals surface area (Å²) in [6.07, 6.45) is 0. The second-order valence-corrected chi connectivity index (χ2v) is 6.53. The summed E-state index contributed by atoms with van der Waals surface area (Å²) in [7, 11) is 0. The number of nitrogens with zero attached hydrogens (tertiary/aromatic N) is 2. The van der Waals surface area contributed by atoms with Gasteiger partial charge in [-0.3, -0.25) is 0 Å². The van der Waals surface area contributed by atoms with Crippen LogP contribution >= 0.6 is 0 Å². The number of aryl methyl sites for hydroxylation is 2. The summed E-state index contributed by atoms with van der Waals surface area (Å²) in [5.74, 6) is 0.0354. The Morgan fingerprint density at radius 2 is 1.23 bits per heavy atom. The van der Waals surface area contributed by atoms with E-state index in [1.54, 1.807) is 0 Å². The molecular weight excluding hydrogens is 320 g/mol. The summed E-state index contributed by atoms with van der Waals surface area (Å²) in [5, 5.41) is 15.1. The van der Waals surface area contributed by atoms with Gasteiger partial charge in [-0.2, -0.15) is 0 Å². The smallest absolute Gasteiger partial charge is 0.239 e. The van der Waals surface area contributed by atoms with Gasteiger partial charge in [-0.25, -0.2) is 4.68 Å². The zero-order chi connectivity index (χ0) is 18.1. The zero-order valence-electron chi connectivity index (χ0n) is 14.8. The van der Waals surface area contributed by atoms with E-state index in [0.717, 1.165) is 28.1 Å². The Labute approximate surface area is 153 Å². The minimum absolute atomic E-state index is 0.0354. The van der Waals surface area contributed by atoms with E-state index in [0.29, 0.717) is 0 Å². The van der Waals surface area contributed by atoms with Crippen LogP contribution < -0.4 is 0 Å². The summed E-state index contributed by atoms with van der Waals surface area (Å²) >= 11 is 0. The Balaban J connectivity index is 2.00. The monoisotopic (exact) mass is 340 g/mol. The van der Waals surface area contributed by atoms with Gasteiger partial charge >= 0.3 is 0 Å². The van der Waals surface area contributed by atoms with Gasteiger partial charge in [0.25, 0.3) is 0 Å². The Morgan fingerprint density at radius 1 is 0.692 bits per heavy atom. The molecule has 0 aliphatic rings. The van der Waals surface area contributed by atoms with Crippen LogP contribution in [-0.2, 0) is 0 Å². The van der Waals surface area contributed by atoms with Gasteiger partial charge in [-0.15, -0.1) is 5.10 Å². The molecule has 1 N–H and O–H groups in total.